The molecule has 0 saturated heterocycles. The molecule has 7 heteroatoms. The summed E-state index contributed by atoms with van der Waals surface area (Å²) in [4.78, 5) is 12.4. The number of benzene rings is 2. The van der Waals surface area contributed by atoms with Gasteiger partial charge in [-0.1, -0.05) is 56.3 Å². The molecule has 1 aromatic heterocycles. The molecule has 0 spiro atoms. The van der Waals surface area contributed by atoms with E-state index in [0.29, 0.717) is 21.8 Å². The number of hydrogen-bond acceptors (Lipinski definition) is 5. The van der Waals surface area contributed by atoms with Crippen LogP contribution < -0.4 is 4.74 Å². The van der Waals surface area contributed by atoms with Gasteiger partial charge < -0.3 is 4.74 Å². The molecule has 0 atom stereocenters. The molecule has 0 aliphatic rings. The lowest BCUT2D eigenvalue weighted by Gasteiger charge is -2.16. The first-order valence-electron chi connectivity index (χ1n) is 8.81. The fraction of sp³-hybridized carbons (Fsp3) is 0.286. The number of aromatic nitrogens is 3. The van der Waals surface area contributed by atoms with Crippen LogP contribution in [-0.4, -0.2) is 33.4 Å². The molecule has 5 nitrogen and oxygen atoms in total. The first-order valence-corrected chi connectivity index (χ1v) is 10.2. The van der Waals surface area contributed by atoms with Crippen molar-refractivity contribution in [2.24, 2.45) is 5.41 Å². The molecule has 0 aliphatic carbocycles. The van der Waals surface area contributed by atoms with E-state index >= 15 is 0 Å². The van der Waals surface area contributed by atoms with Gasteiger partial charge in [-0.3, -0.25) is 9.36 Å². The third-order valence-corrected chi connectivity index (χ3v) is 5.40. The van der Waals surface area contributed by atoms with Gasteiger partial charge in [0.15, 0.2) is 11.0 Å². The Morgan fingerprint density at radius 3 is 2.50 bits per heavy atom. The quantitative estimate of drug-likeness (QED) is 0.511. The molecule has 0 radical (unpaired) electrons. The summed E-state index contributed by atoms with van der Waals surface area (Å²) in [5, 5.41) is 10.0. The first-order chi connectivity index (χ1) is 13.3. The minimum atomic E-state index is -0.395. The SMILES string of the molecule is COc1cccc(-c2nnc(SCC(=O)C(C)(C)C)n2-c2ccc(Cl)cc2)c1. The number of methoxy groups -OCH3 is 1. The Labute approximate surface area is 174 Å². The van der Waals surface area contributed by atoms with Crippen molar-refractivity contribution in [3.8, 4) is 22.8 Å². The summed E-state index contributed by atoms with van der Waals surface area (Å²) in [6.45, 7) is 5.75. The van der Waals surface area contributed by atoms with Crippen molar-refractivity contribution in [1.29, 1.82) is 0 Å². The predicted molar refractivity (Wildman–Crippen MR) is 114 cm³/mol. The average Bonchev–Trinajstić information content (AvgIpc) is 3.10. The smallest absolute Gasteiger partial charge is 0.196 e. The highest BCUT2D eigenvalue weighted by Crippen LogP contribution is 2.31. The third-order valence-electron chi connectivity index (χ3n) is 4.21. The van der Waals surface area contributed by atoms with Crippen LogP contribution in [0.1, 0.15) is 20.8 Å². The maximum Gasteiger partial charge on any atom is 0.196 e. The molecular weight excluding hydrogens is 394 g/mol. The number of carbonyl (C=O) groups is 1. The summed E-state index contributed by atoms with van der Waals surface area (Å²) in [6, 6.07) is 15.1. The summed E-state index contributed by atoms with van der Waals surface area (Å²) in [5.41, 5.74) is 1.35. The topological polar surface area (TPSA) is 57.0 Å². The van der Waals surface area contributed by atoms with Gasteiger partial charge in [0, 0.05) is 21.7 Å². The number of thioether (sulfide) groups is 1. The van der Waals surface area contributed by atoms with E-state index in [0.717, 1.165) is 17.0 Å². The number of hydrogen-bond donors (Lipinski definition) is 0. The number of halogens is 1. The highest BCUT2D eigenvalue weighted by Gasteiger charge is 2.23. The van der Waals surface area contributed by atoms with E-state index in [1.165, 1.54) is 11.8 Å². The zero-order valence-electron chi connectivity index (χ0n) is 16.3. The molecule has 0 bridgehead atoms. The monoisotopic (exact) mass is 415 g/mol. The van der Waals surface area contributed by atoms with Crippen LogP contribution >= 0.6 is 23.4 Å². The number of Topliss-reactive ketones (excluding diaryl/α,β-unsaturated/α-hetero) is 1. The van der Waals surface area contributed by atoms with Crippen molar-refractivity contribution in [1.82, 2.24) is 14.8 Å². The molecule has 3 rings (SSSR count). The van der Waals surface area contributed by atoms with Gasteiger partial charge in [-0.05, 0) is 36.4 Å². The van der Waals surface area contributed by atoms with Crippen molar-refractivity contribution in [3.05, 3.63) is 53.6 Å². The Kier molecular flexibility index (Phi) is 6.10. The predicted octanol–water partition coefficient (Wildman–Crippen LogP) is 5.30. The lowest BCUT2D eigenvalue weighted by atomic mass is 9.92. The zero-order chi connectivity index (χ0) is 20.3. The summed E-state index contributed by atoms with van der Waals surface area (Å²) in [7, 11) is 1.63. The van der Waals surface area contributed by atoms with E-state index < -0.39 is 5.41 Å². The molecule has 0 aliphatic heterocycles. The first kappa shape index (κ1) is 20.4. The van der Waals surface area contributed by atoms with Gasteiger partial charge >= 0.3 is 0 Å². The fourth-order valence-corrected chi connectivity index (χ4v) is 3.72. The zero-order valence-corrected chi connectivity index (χ0v) is 17.8. The van der Waals surface area contributed by atoms with E-state index in [1.807, 2.05) is 73.9 Å². The van der Waals surface area contributed by atoms with Gasteiger partial charge in [0.2, 0.25) is 0 Å². The molecule has 0 N–H and O–H groups in total. The summed E-state index contributed by atoms with van der Waals surface area (Å²) < 4.78 is 7.27. The minimum absolute atomic E-state index is 0.158. The Balaban J connectivity index is 2.04. The normalized spacial score (nSPS) is 11.5. The molecule has 0 amide bonds. The lowest BCUT2D eigenvalue weighted by molar-refractivity contribution is -0.123. The number of ketones is 1. The van der Waals surface area contributed by atoms with Crippen LogP contribution in [-0.2, 0) is 4.79 Å². The number of carbonyl (C=O) groups excluding carboxylic acids is 1. The third kappa shape index (κ3) is 4.56. The van der Waals surface area contributed by atoms with Crippen LogP contribution in [0.15, 0.2) is 53.7 Å². The Morgan fingerprint density at radius 1 is 1.14 bits per heavy atom. The summed E-state index contributed by atoms with van der Waals surface area (Å²) in [6.07, 6.45) is 0. The maximum absolute atomic E-state index is 12.4. The second kappa shape index (κ2) is 8.37. The largest absolute Gasteiger partial charge is 0.497 e. The van der Waals surface area contributed by atoms with E-state index in [1.54, 1.807) is 7.11 Å². The highest BCUT2D eigenvalue weighted by molar-refractivity contribution is 7.99. The van der Waals surface area contributed by atoms with Crippen LogP contribution in [0.25, 0.3) is 17.1 Å². The Bertz CT molecular complexity index is 978. The Hall–Kier alpha value is -2.31. The second-order valence-electron chi connectivity index (χ2n) is 7.31. The molecule has 0 saturated carbocycles. The molecule has 28 heavy (non-hydrogen) atoms. The molecule has 0 unspecified atom stereocenters. The van der Waals surface area contributed by atoms with E-state index in [4.69, 9.17) is 16.3 Å². The fourth-order valence-electron chi connectivity index (χ4n) is 2.48. The number of ether oxygens (including phenoxy) is 1. The second-order valence-corrected chi connectivity index (χ2v) is 8.69. The van der Waals surface area contributed by atoms with Gasteiger partial charge in [0.05, 0.1) is 12.9 Å². The van der Waals surface area contributed by atoms with Crippen LogP contribution in [0.3, 0.4) is 0 Å². The molecule has 146 valence electrons. The van der Waals surface area contributed by atoms with E-state index in [-0.39, 0.29) is 5.78 Å². The van der Waals surface area contributed by atoms with Gasteiger partial charge in [-0.15, -0.1) is 10.2 Å². The van der Waals surface area contributed by atoms with Crippen LogP contribution in [0.2, 0.25) is 5.02 Å². The van der Waals surface area contributed by atoms with Crippen molar-refractivity contribution < 1.29 is 9.53 Å². The van der Waals surface area contributed by atoms with Crippen molar-refractivity contribution >= 4 is 29.1 Å². The van der Waals surface area contributed by atoms with Crippen molar-refractivity contribution in [3.63, 3.8) is 0 Å². The maximum atomic E-state index is 12.4. The standard InChI is InChI=1S/C21H22ClN3O2S/c1-21(2,3)18(26)13-28-20-24-23-19(14-6-5-7-17(12-14)27-4)25(20)16-10-8-15(22)9-11-16/h5-12H,13H2,1-4H3. The molecular formula is C21H22ClN3O2S. The summed E-state index contributed by atoms with van der Waals surface area (Å²) in [5.74, 6) is 1.89. The minimum Gasteiger partial charge on any atom is -0.497 e. The van der Waals surface area contributed by atoms with Gasteiger partial charge in [0.1, 0.15) is 11.5 Å². The van der Waals surface area contributed by atoms with E-state index in [2.05, 4.69) is 10.2 Å². The lowest BCUT2D eigenvalue weighted by Crippen LogP contribution is -2.22. The van der Waals surface area contributed by atoms with Crippen LogP contribution in [0.5, 0.6) is 5.75 Å². The molecule has 0 fully saturated rings. The van der Waals surface area contributed by atoms with Gasteiger partial charge in [-0.2, -0.15) is 0 Å². The van der Waals surface area contributed by atoms with Crippen LogP contribution in [0.4, 0.5) is 0 Å². The summed E-state index contributed by atoms with van der Waals surface area (Å²) >= 11 is 7.44. The van der Waals surface area contributed by atoms with E-state index in [9.17, 15) is 4.79 Å². The molecule has 1 heterocycles. The molecule has 3 aromatic rings. The molecule has 2 aromatic carbocycles. The average molecular weight is 416 g/mol. The van der Waals surface area contributed by atoms with Gasteiger partial charge in [0.25, 0.3) is 0 Å². The highest BCUT2D eigenvalue weighted by atomic mass is 35.5. The van der Waals surface area contributed by atoms with Crippen molar-refractivity contribution in [2.75, 3.05) is 12.9 Å². The van der Waals surface area contributed by atoms with Crippen molar-refractivity contribution in [2.45, 2.75) is 25.9 Å². The number of nitrogens with zero attached hydrogens (tertiary/aromatic N) is 3. The Morgan fingerprint density at radius 2 is 1.86 bits per heavy atom. The van der Waals surface area contributed by atoms with Gasteiger partial charge in [-0.25, -0.2) is 0 Å². The van der Waals surface area contributed by atoms with Crippen LogP contribution in [0, 0.1) is 5.41 Å². The number of rotatable bonds is 6.